The van der Waals surface area contributed by atoms with E-state index in [9.17, 15) is 10.1 Å². The lowest BCUT2D eigenvalue weighted by Gasteiger charge is -2.19. The molecule has 4 aromatic rings. The van der Waals surface area contributed by atoms with E-state index in [0.29, 0.717) is 11.6 Å². The van der Waals surface area contributed by atoms with Crippen LogP contribution in [-0.4, -0.2) is 14.5 Å². The highest BCUT2D eigenvalue weighted by Crippen LogP contribution is 2.23. The summed E-state index contributed by atoms with van der Waals surface area (Å²) in [5.41, 5.74) is 0.773. The molecule has 0 radical (unpaired) electrons. The molecule has 1 N–H and O–H groups in total. The molecule has 2 heterocycles. The third kappa shape index (κ3) is 3.87. The molecule has 2 aromatic carbocycles. The number of aromatic nitrogens is 3. The third-order valence-corrected chi connectivity index (χ3v) is 5.20. The van der Waals surface area contributed by atoms with Crippen molar-refractivity contribution in [3.63, 3.8) is 0 Å². The fourth-order valence-corrected chi connectivity index (χ4v) is 3.48. The Labute approximate surface area is 174 Å². The second-order valence-electron chi connectivity index (χ2n) is 8.20. The van der Waals surface area contributed by atoms with Crippen LogP contribution in [0, 0.1) is 16.7 Å². The van der Waals surface area contributed by atoms with E-state index < -0.39 is 5.41 Å². The Bertz CT molecular complexity index is 1330. The monoisotopic (exact) mass is 397 g/mol. The van der Waals surface area contributed by atoms with Crippen molar-refractivity contribution in [2.24, 2.45) is 5.41 Å². The number of hydrogen-bond acceptors (Lipinski definition) is 5. The zero-order valence-corrected chi connectivity index (χ0v) is 17.3. The first-order valence-electron chi connectivity index (χ1n) is 9.89. The molecule has 0 spiro atoms. The van der Waals surface area contributed by atoms with Gasteiger partial charge in [0.15, 0.2) is 0 Å². The maximum absolute atomic E-state index is 12.5. The summed E-state index contributed by atoms with van der Waals surface area (Å²) >= 11 is 0. The first-order valence-corrected chi connectivity index (χ1v) is 9.89. The maximum atomic E-state index is 12.5. The second kappa shape index (κ2) is 7.60. The molecule has 30 heavy (non-hydrogen) atoms. The summed E-state index contributed by atoms with van der Waals surface area (Å²) in [6.45, 7) is 5.92. The van der Waals surface area contributed by atoms with Crippen LogP contribution < -0.4 is 10.9 Å². The number of rotatable bonds is 5. The smallest absolute Gasteiger partial charge is 0.252 e. The molecule has 0 saturated heterocycles. The molecule has 6 heteroatoms. The van der Waals surface area contributed by atoms with Gasteiger partial charge in [0.1, 0.15) is 5.65 Å². The van der Waals surface area contributed by atoms with Gasteiger partial charge in [-0.3, -0.25) is 9.36 Å². The molecule has 1 unspecified atom stereocenters. The molecule has 0 saturated carbocycles. The van der Waals surface area contributed by atoms with Gasteiger partial charge in [0.2, 0.25) is 5.95 Å². The van der Waals surface area contributed by atoms with Gasteiger partial charge in [-0.1, -0.05) is 36.4 Å². The van der Waals surface area contributed by atoms with Crippen molar-refractivity contribution in [2.45, 2.75) is 33.4 Å². The van der Waals surface area contributed by atoms with Crippen molar-refractivity contribution in [2.75, 3.05) is 5.32 Å². The number of nitrogens with one attached hydrogen (secondary N) is 1. The normalized spacial score (nSPS) is 12.6. The Balaban J connectivity index is 1.68. The molecule has 1 atom stereocenters. The van der Waals surface area contributed by atoms with Crippen LogP contribution in [0.2, 0.25) is 0 Å². The topological polar surface area (TPSA) is 83.6 Å². The van der Waals surface area contributed by atoms with Crippen molar-refractivity contribution < 1.29 is 0 Å². The van der Waals surface area contributed by atoms with E-state index >= 15 is 0 Å². The number of anilines is 1. The lowest BCUT2D eigenvalue weighted by atomic mass is 9.96. The lowest BCUT2D eigenvalue weighted by molar-refractivity contribution is 0.408. The Hall–Kier alpha value is -3.72. The van der Waals surface area contributed by atoms with Gasteiger partial charge >= 0.3 is 0 Å². The van der Waals surface area contributed by atoms with Crippen LogP contribution in [0.1, 0.15) is 32.4 Å². The summed E-state index contributed by atoms with van der Waals surface area (Å²) < 4.78 is 1.55. The Morgan fingerprint density at radius 2 is 1.83 bits per heavy atom. The zero-order valence-electron chi connectivity index (χ0n) is 17.3. The molecular weight excluding hydrogens is 374 g/mol. The van der Waals surface area contributed by atoms with E-state index in [4.69, 9.17) is 0 Å². The molecule has 0 bridgehead atoms. The van der Waals surface area contributed by atoms with Gasteiger partial charge < -0.3 is 5.32 Å². The lowest BCUT2D eigenvalue weighted by Crippen LogP contribution is -2.28. The van der Waals surface area contributed by atoms with Gasteiger partial charge in [0.25, 0.3) is 5.56 Å². The number of benzene rings is 2. The summed E-state index contributed by atoms with van der Waals surface area (Å²) in [7, 11) is 0. The highest BCUT2D eigenvalue weighted by Gasteiger charge is 2.20. The van der Waals surface area contributed by atoms with Crippen LogP contribution in [0.3, 0.4) is 0 Å². The van der Waals surface area contributed by atoms with E-state index in [-0.39, 0.29) is 18.1 Å². The highest BCUT2D eigenvalue weighted by molar-refractivity contribution is 5.83. The van der Waals surface area contributed by atoms with Crippen LogP contribution in [0.4, 0.5) is 5.95 Å². The third-order valence-electron chi connectivity index (χ3n) is 5.20. The first-order chi connectivity index (χ1) is 14.4. The van der Waals surface area contributed by atoms with E-state index in [2.05, 4.69) is 58.6 Å². The molecule has 6 nitrogen and oxygen atoms in total. The Morgan fingerprint density at radius 3 is 2.60 bits per heavy atom. The van der Waals surface area contributed by atoms with Crippen molar-refractivity contribution in [3.05, 3.63) is 76.7 Å². The average molecular weight is 397 g/mol. The predicted octanol–water partition coefficient (Wildman–Crippen LogP) is 4.67. The molecule has 0 aliphatic heterocycles. The minimum Gasteiger partial charge on any atom is -0.348 e. The van der Waals surface area contributed by atoms with Crippen LogP contribution in [0.5, 0.6) is 0 Å². The molecule has 0 aliphatic rings. The Kier molecular flexibility index (Phi) is 4.96. The van der Waals surface area contributed by atoms with Gasteiger partial charge in [-0.25, -0.2) is 4.98 Å². The minimum absolute atomic E-state index is 0.0218. The average Bonchev–Trinajstić information content (AvgIpc) is 2.75. The summed E-state index contributed by atoms with van der Waals surface area (Å²) in [4.78, 5) is 21.5. The molecular formula is C24H23N5O. The highest BCUT2D eigenvalue weighted by atomic mass is 16.1. The summed E-state index contributed by atoms with van der Waals surface area (Å²) in [6, 6.07) is 20.0. The number of fused-ring (bicyclic) bond motifs is 2. The van der Waals surface area contributed by atoms with E-state index in [0.717, 1.165) is 10.9 Å². The number of hydrogen-bond donors (Lipinski definition) is 1. The van der Waals surface area contributed by atoms with Crippen LogP contribution in [0.15, 0.2) is 65.6 Å². The fourth-order valence-electron chi connectivity index (χ4n) is 3.48. The molecule has 2 aromatic heterocycles. The van der Waals surface area contributed by atoms with Crippen molar-refractivity contribution in [1.29, 1.82) is 5.26 Å². The fraction of sp³-hybridized carbons (Fsp3) is 0.250. The number of nitriles is 1. The SMILES string of the molecule is CC(Nc1ncc2ccc(=O)n(CC(C)(C)C#N)c2n1)c1ccc2ccccc2c1. The van der Waals surface area contributed by atoms with Crippen LogP contribution in [-0.2, 0) is 6.54 Å². The molecule has 150 valence electrons. The van der Waals surface area contributed by atoms with Gasteiger partial charge in [-0.2, -0.15) is 10.2 Å². The largest absolute Gasteiger partial charge is 0.348 e. The van der Waals surface area contributed by atoms with Gasteiger partial charge in [0, 0.05) is 24.2 Å². The van der Waals surface area contributed by atoms with Crippen molar-refractivity contribution in [1.82, 2.24) is 14.5 Å². The summed E-state index contributed by atoms with van der Waals surface area (Å²) in [6.07, 6.45) is 1.70. The quantitative estimate of drug-likeness (QED) is 0.529. The van der Waals surface area contributed by atoms with E-state index in [1.54, 1.807) is 30.7 Å². The minimum atomic E-state index is -0.685. The van der Waals surface area contributed by atoms with Gasteiger partial charge in [-0.05, 0) is 49.2 Å². The zero-order chi connectivity index (χ0) is 21.3. The molecule has 0 fully saturated rings. The maximum Gasteiger partial charge on any atom is 0.252 e. The summed E-state index contributed by atoms with van der Waals surface area (Å²) in [5.74, 6) is 0.442. The van der Waals surface area contributed by atoms with Crippen molar-refractivity contribution in [3.8, 4) is 6.07 Å². The molecule has 4 rings (SSSR count). The Morgan fingerprint density at radius 1 is 1.10 bits per heavy atom. The molecule has 0 amide bonds. The van der Waals surface area contributed by atoms with Gasteiger partial charge in [0.05, 0.1) is 17.5 Å². The number of nitrogens with zero attached hydrogens (tertiary/aromatic N) is 4. The van der Waals surface area contributed by atoms with E-state index in [1.165, 1.54) is 16.8 Å². The van der Waals surface area contributed by atoms with Crippen LogP contribution in [0.25, 0.3) is 21.8 Å². The summed E-state index contributed by atoms with van der Waals surface area (Å²) in [5, 5.41) is 15.8. The second-order valence-corrected chi connectivity index (χ2v) is 8.20. The predicted molar refractivity (Wildman–Crippen MR) is 119 cm³/mol. The molecule has 0 aliphatic carbocycles. The van der Waals surface area contributed by atoms with E-state index in [1.807, 2.05) is 12.1 Å². The van der Waals surface area contributed by atoms with Gasteiger partial charge in [-0.15, -0.1) is 0 Å². The number of pyridine rings is 1. The standard InChI is InChI=1S/C24H23N5O/c1-16(18-9-8-17-6-4-5-7-19(17)12-18)27-23-26-13-20-10-11-21(30)29(22(20)28-23)15-24(2,3)14-25/h4-13,16H,15H2,1-3H3,(H,26,27,28). The first kappa shape index (κ1) is 19.6. The van der Waals surface area contributed by atoms with Crippen molar-refractivity contribution >= 4 is 27.8 Å². The van der Waals surface area contributed by atoms with Crippen LogP contribution >= 0.6 is 0 Å².